The number of aryl methyl sites for hydroxylation is 1. The van der Waals surface area contributed by atoms with Crippen molar-refractivity contribution >= 4 is 27.5 Å². The Hall–Kier alpha value is -0.870. The van der Waals surface area contributed by atoms with E-state index in [1.807, 2.05) is 25.1 Å². The van der Waals surface area contributed by atoms with E-state index in [2.05, 4.69) is 47.3 Å². The largest absolute Gasteiger partial charge is 0.326 e. The lowest BCUT2D eigenvalue weighted by Crippen LogP contribution is -2.37. The summed E-state index contributed by atoms with van der Waals surface area (Å²) in [6.45, 7) is 8.92. The van der Waals surface area contributed by atoms with Crippen LogP contribution in [0.2, 0.25) is 0 Å². The third-order valence-corrected chi connectivity index (χ3v) is 2.97. The SMILES string of the molecule is Cc1ccc(Br)cc1NC(=O)CCNC(C)(C)C. The summed E-state index contributed by atoms with van der Waals surface area (Å²) in [5.74, 6) is 0.0351. The van der Waals surface area contributed by atoms with E-state index >= 15 is 0 Å². The molecule has 0 aliphatic carbocycles. The quantitative estimate of drug-likeness (QED) is 0.893. The molecule has 0 fully saturated rings. The molecule has 0 atom stereocenters. The molecule has 1 aromatic carbocycles. The number of nitrogens with one attached hydrogen (secondary N) is 2. The summed E-state index contributed by atoms with van der Waals surface area (Å²) >= 11 is 3.40. The average Bonchev–Trinajstić information content (AvgIpc) is 2.21. The summed E-state index contributed by atoms with van der Waals surface area (Å²) in [4.78, 5) is 11.8. The van der Waals surface area contributed by atoms with E-state index in [0.29, 0.717) is 13.0 Å². The zero-order valence-electron chi connectivity index (χ0n) is 11.4. The summed E-state index contributed by atoms with van der Waals surface area (Å²) < 4.78 is 0.969. The van der Waals surface area contributed by atoms with Crippen LogP contribution in [0.3, 0.4) is 0 Å². The Balaban J connectivity index is 2.47. The maximum atomic E-state index is 11.8. The molecule has 1 rings (SSSR count). The number of benzene rings is 1. The van der Waals surface area contributed by atoms with E-state index in [-0.39, 0.29) is 11.4 Å². The molecule has 0 unspecified atom stereocenters. The third-order valence-electron chi connectivity index (χ3n) is 2.48. The molecule has 0 saturated carbocycles. The maximum absolute atomic E-state index is 11.8. The Kier molecular flexibility index (Phi) is 5.35. The molecule has 0 radical (unpaired) electrons. The molecule has 0 aliphatic heterocycles. The number of hydrogen-bond acceptors (Lipinski definition) is 2. The molecule has 0 aromatic heterocycles. The minimum absolute atomic E-state index is 0.0351. The Labute approximate surface area is 117 Å². The van der Waals surface area contributed by atoms with E-state index in [1.165, 1.54) is 0 Å². The molecule has 2 N–H and O–H groups in total. The molecule has 1 amide bonds. The molecule has 0 bridgehead atoms. The maximum Gasteiger partial charge on any atom is 0.225 e. The van der Waals surface area contributed by atoms with Crippen molar-refractivity contribution in [2.24, 2.45) is 0 Å². The number of hydrogen-bond donors (Lipinski definition) is 2. The lowest BCUT2D eigenvalue weighted by atomic mass is 10.1. The van der Waals surface area contributed by atoms with Gasteiger partial charge in [-0.1, -0.05) is 22.0 Å². The number of carbonyl (C=O) groups excluding carboxylic acids is 1. The molecule has 0 heterocycles. The molecule has 4 heteroatoms. The highest BCUT2D eigenvalue weighted by molar-refractivity contribution is 9.10. The lowest BCUT2D eigenvalue weighted by molar-refractivity contribution is -0.116. The van der Waals surface area contributed by atoms with Crippen LogP contribution in [0.1, 0.15) is 32.8 Å². The molecule has 0 saturated heterocycles. The van der Waals surface area contributed by atoms with Gasteiger partial charge in [0.1, 0.15) is 0 Å². The number of halogens is 1. The highest BCUT2D eigenvalue weighted by atomic mass is 79.9. The molecular weight excluding hydrogens is 292 g/mol. The van der Waals surface area contributed by atoms with Gasteiger partial charge in [-0.2, -0.15) is 0 Å². The summed E-state index contributed by atoms with van der Waals surface area (Å²) in [7, 11) is 0. The van der Waals surface area contributed by atoms with E-state index in [4.69, 9.17) is 0 Å². The number of anilines is 1. The van der Waals surface area contributed by atoms with Gasteiger partial charge in [0.05, 0.1) is 0 Å². The second-order valence-electron chi connectivity index (χ2n) is 5.43. The first kappa shape index (κ1) is 15.2. The Morgan fingerprint density at radius 3 is 2.61 bits per heavy atom. The average molecular weight is 313 g/mol. The zero-order valence-corrected chi connectivity index (χ0v) is 13.0. The van der Waals surface area contributed by atoms with Crippen molar-refractivity contribution in [2.45, 2.75) is 39.7 Å². The van der Waals surface area contributed by atoms with Crippen LogP contribution in [0.4, 0.5) is 5.69 Å². The third kappa shape index (κ3) is 5.65. The first-order chi connectivity index (χ1) is 8.28. The van der Waals surface area contributed by atoms with Crippen molar-refractivity contribution in [2.75, 3.05) is 11.9 Å². The fourth-order valence-electron chi connectivity index (χ4n) is 1.49. The Morgan fingerprint density at radius 1 is 1.33 bits per heavy atom. The van der Waals surface area contributed by atoms with Crippen molar-refractivity contribution in [1.29, 1.82) is 0 Å². The van der Waals surface area contributed by atoms with Crippen molar-refractivity contribution in [3.05, 3.63) is 28.2 Å². The van der Waals surface area contributed by atoms with E-state index in [1.54, 1.807) is 0 Å². The standard InChI is InChI=1S/C14H21BrN2O/c1-10-5-6-11(15)9-12(10)17-13(18)7-8-16-14(2,3)4/h5-6,9,16H,7-8H2,1-4H3,(H,17,18). The van der Waals surface area contributed by atoms with Crippen molar-refractivity contribution < 1.29 is 4.79 Å². The Bertz CT molecular complexity index is 424. The minimum Gasteiger partial charge on any atom is -0.326 e. The molecule has 0 aliphatic rings. The van der Waals surface area contributed by atoms with Gasteiger partial charge in [0.2, 0.25) is 5.91 Å². The highest BCUT2D eigenvalue weighted by Gasteiger charge is 2.10. The predicted molar refractivity (Wildman–Crippen MR) is 79.9 cm³/mol. The first-order valence-corrected chi connectivity index (χ1v) is 6.88. The molecule has 1 aromatic rings. The zero-order chi connectivity index (χ0) is 13.8. The smallest absolute Gasteiger partial charge is 0.225 e. The van der Waals surface area contributed by atoms with Crippen LogP contribution < -0.4 is 10.6 Å². The first-order valence-electron chi connectivity index (χ1n) is 6.09. The van der Waals surface area contributed by atoms with Crippen LogP contribution in [0.15, 0.2) is 22.7 Å². The number of rotatable bonds is 4. The molecule has 100 valence electrons. The lowest BCUT2D eigenvalue weighted by Gasteiger charge is -2.20. The van der Waals surface area contributed by atoms with Gasteiger partial charge >= 0.3 is 0 Å². The van der Waals surface area contributed by atoms with Crippen LogP contribution in [-0.2, 0) is 4.79 Å². The Morgan fingerprint density at radius 2 is 2.00 bits per heavy atom. The minimum atomic E-state index is 0.0351. The normalized spacial score (nSPS) is 11.4. The summed E-state index contributed by atoms with van der Waals surface area (Å²) in [5.41, 5.74) is 1.98. The monoisotopic (exact) mass is 312 g/mol. The highest BCUT2D eigenvalue weighted by Crippen LogP contribution is 2.20. The fraction of sp³-hybridized carbons (Fsp3) is 0.500. The molecule has 18 heavy (non-hydrogen) atoms. The number of carbonyl (C=O) groups is 1. The van der Waals surface area contributed by atoms with Crippen LogP contribution in [-0.4, -0.2) is 18.0 Å². The van der Waals surface area contributed by atoms with Gasteiger partial charge in [0, 0.05) is 28.7 Å². The van der Waals surface area contributed by atoms with Crippen LogP contribution in [0.25, 0.3) is 0 Å². The van der Waals surface area contributed by atoms with E-state index in [9.17, 15) is 4.79 Å². The molecule has 3 nitrogen and oxygen atoms in total. The van der Waals surface area contributed by atoms with Gasteiger partial charge < -0.3 is 10.6 Å². The summed E-state index contributed by atoms with van der Waals surface area (Å²) in [5, 5.41) is 6.22. The van der Waals surface area contributed by atoms with Gasteiger partial charge in [-0.3, -0.25) is 4.79 Å². The summed E-state index contributed by atoms with van der Waals surface area (Å²) in [6, 6.07) is 5.86. The van der Waals surface area contributed by atoms with Crippen LogP contribution in [0, 0.1) is 6.92 Å². The van der Waals surface area contributed by atoms with Crippen LogP contribution in [0.5, 0.6) is 0 Å². The molecular formula is C14H21BrN2O. The summed E-state index contributed by atoms with van der Waals surface area (Å²) in [6.07, 6.45) is 0.475. The van der Waals surface area contributed by atoms with Gasteiger partial charge in [0.15, 0.2) is 0 Å². The van der Waals surface area contributed by atoms with Gasteiger partial charge in [0.25, 0.3) is 0 Å². The van der Waals surface area contributed by atoms with Gasteiger partial charge in [-0.25, -0.2) is 0 Å². The predicted octanol–water partition coefficient (Wildman–Crippen LogP) is 3.47. The van der Waals surface area contributed by atoms with Gasteiger partial charge in [-0.05, 0) is 45.4 Å². The van der Waals surface area contributed by atoms with E-state index in [0.717, 1.165) is 15.7 Å². The topological polar surface area (TPSA) is 41.1 Å². The van der Waals surface area contributed by atoms with Crippen molar-refractivity contribution in [1.82, 2.24) is 5.32 Å². The van der Waals surface area contributed by atoms with Crippen LogP contribution >= 0.6 is 15.9 Å². The van der Waals surface area contributed by atoms with Crippen molar-refractivity contribution in [3.63, 3.8) is 0 Å². The second kappa shape index (κ2) is 6.34. The van der Waals surface area contributed by atoms with E-state index < -0.39 is 0 Å². The second-order valence-corrected chi connectivity index (χ2v) is 6.35. The molecule has 0 spiro atoms. The van der Waals surface area contributed by atoms with Crippen molar-refractivity contribution in [3.8, 4) is 0 Å². The number of amides is 1. The fourth-order valence-corrected chi connectivity index (χ4v) is 1.85. The van der Waals surface area contributed by atoms with Gasteiger partial charge in [-0.15, -0.1) is 0 Å².